The average molecular weight is 248 g/mol. The Morgan fingerprint density at radius 1 is 1.33 bits per heavy atom. The molecule has 0 spiro atoms. The van der Waals surface area contributed by atoms with Gasteiger partial charge in [-0.25, -0.2) is 0 Å². The topological polar surface area (TPSA) is 35.2 Å². The highest BCUT2D eigenvalue weighted by Crippen LogP contribution is 2.31. The minimum Gasteiger partial charge on any atom is -0.490 e. The van der Waals surface area contributed by atoms with E-state index in [0.717, 1.165) is 0 Å². The highest BCUT2D eigenvalue weighted by Gasteiger charge is 2.10. The number of rotatable bonds is 4. The van der Waals surface area contributed by atoms with Crippen LogP contribution in [0.4, 0.5) is 0 Å². The van der Waals surface area contributed by atoms with Crippen LogP contribution in [0.15, 0.2) is 18.2 Å². The summed E-state index contributed by atoms with van der Waals surface area (Å²) in [5.41, 5.74) is 5.85. The molecule has 15 heavy (non-hydrogen) atoms. The van der Waals surface area contributed by atoms with E-state index in [1.807, 2.05) is 13.8 Å². The van der Waals surface area contributed by atoms with Crippen LogP contribution in [0.1, 0.15) is 13.8 Å². The van der Waals surface area contributed by atoms with Crippen LogP contribution < -0.4 is 10.5 Å². The van der Waals surface area contributed by atoms with Gasteiger partial charge in [0.05, 0.1) is 5.02 Å². The van der Waals surface area contributed by atoms with Crippen LogP contribution in [-0.2, 0) is 0 Å². The Balaban J connectivity index is 2.62. The molecule has 2 nitrogen and oxygen atoms in total. The monoisotopic (exact) mass is 247 g/mol. The number of hydrogen-bond donors (Lipinski definition) is 1. The van der Waals surface area contributed by atoms with Crippen molar-refractivity contribution in [2.75, 3.05) is 6.61 Å². The van der Waals surface area contributed by atoms with Gasteiger partial charge >= 0.3 is 0 Å². The molecule has 0 heterocycles. The second-order valence-electron chi connectivity index (χ2n) is 3.77. The molecule has 1 rings (SSSR count). The fourth-order valence-corrected chi connectivity index (χ4v) is 1.32. The first-order chi connectivity index (χ1) is 7.02. The summed E-state index contributed by atoms with van der Waals surface area (Å²) >= 11 is 11.8. The predicted octanol–water partition coefficient (Wildman–Crippen LogP) is 3.36. The molecule has 84 valence electrons. The Hall–Kier alpha value is -0.440. The lowest BCUT2D eigenvalue weighted by atomic mass is 10.1. The third-order valence-corrected chi connectivity index (χ3v) is 3.01. The summed E-state index contributed by atoms with van der Waals surface area (Å²) in [4.78, 5) is 0. The number of ether oxygens (including phenoxy) is 1. The summed E-state index contributed by atoms with van der Waals surface area (Å²) in [5.74, 6) is 0.961. The Morgan fingerprint density at radius 3 is 2.60 bits per heavy atom. The van der Waals surface area contributed by atoms with Crippen molar-refractivity contribution in [3.05, 3.63) is 28.2 Å². The molecule has 1 aromatic carbocycles. The van der Waals surface area contributed by atoms with Gasteiger partial charge in [0.1, 0.15) is 17.4 Å². The third kappa shape index (κ3) is 3.56. The van der Waals surface area contributed by atoms with Gasteiger partial charge in [-0.15, -0.1) is 0 Å². The van der Waals surface area contributed by atoms with Gasteiger partial charge in [0.15, 0.2) is 0 Å². The van der Waals surface area contributed by atoms with E-state index in [-0.39, 0.29) is 6.04 Å². The van der Waals surface area contributed by atoms with E-state index >= 15 is 0 Å². The number of hydrogen-bond acceptors (Lipinski definition) is 2. The summed E-state index contributed by atoms with van der Waals surface area (Å²) < 4.78 is 5.50. The van der Waals surface area contributed by atoms with Crippen molar-refractivity contribution >= 4 is 23.2 Å². The highest BCUT2D eigenvalue weighted by molar-refractivity contribution is 6.42. The van der Waals surface area contributed by atoms with E-state index in [0.29, 0.717) is 28.3 Å². The summed E-state index contributed by atoms with van der Waals surface area (Å²) in [6, 6.07) is 5.30. The van der Waals surface area contributed by atoms with Crippen LogP contribution in [0.5, 0.6) is 5.75 Å². The van der Waals surface area contributed by atoms with Gasteiger partial charge in [0, 0.05) is 6.04 Å². The van der Waals surface area contributed by atoms with Crippen molar-refractivity contribution in [1.29, 1.82) is 0 Å². The van der Waals surface area contributed by atoms with Crippen molar-refractivity contribution in [2.45, 2.75) is 19.9 Å². The van der Waals surface area contributed by atoms with E-state index in [1.54, 1.807) is 18.2 Å². The molecule has 4 heteroatoms. The molecule has 0 radical (unpaired) electrons. The predicted molar refractivity (Wildman–Crippen MR) is 64.8 cm³/mol. The Labute approximate surface area is 100 Å². The largest absolute Gasteiger partial charge is 0.490 e. The molecule has 0 aliphatic heterocycles. The summed E-state index contributed by atoms with van der Waals surface area (Å²) in [6.07, 6.45) is 0. The van der Waals surface area contributed by atoms with Crippen LogP contribution in [0.2, 0.25) is 10.0 Å². The fourth-order valence-electron chi connectivity index (χ4n) is 0.974. The van der Waals surface area contributed by atoms with E-state index in [4.69, 9.17) is 33.7 Å². The second kappa shape index (κ2) is 5.59. The molecule has 0 unspecified atom stereocenters. The zero-order valence-electron chi connectivity index (χ0n) is 8.84. The maximum Gasteiger partial charge on any atom is 0.139 e. The molecule has 2 N–H and O–H groups in total. The summed E-state index contributed by atoms with van der Waals surface area (Å²) in [7, 11) is 0. The molecule has 0 amide bonds. The van der Waals surface area contributed by atoms with Crippen LogP contribution in [-0.4, -0.2) is 12.6 Å². The molecule has 0 saturated carbocycles. The lowest BCUT2D eigenvalue weighted by molar-refractivity contribution is 0.260. The van der Waals surface area contributed by atoms with Crippen molar-refractivity contribution < 1.29 is 4.74 Å². The molecule has 0 aromatic heterocycles. The zero-order valence-corrected chi connectivity index (χ0v) is 10.3. The molecule has 0 aliphatic rings. The molecule has 0 aliphatic carbocycles. The highest BCUT2D eigenvalue weighted by atomic mass is 35.5. The summed E-state index contributed by atoms with van der Waals surface area (Å²) in [5, 5.41) is 0.933. The quantitative estimate of drug-likeness (QED) is 0.886. The summed E-state index contributed by atoms with van der Waals surface area (Å²) in [6.45, 7) is 4.54. The van der Waals surface area contributed by atoms with Gasteiger partial charge in [0.25, 0.3) is 0 Å². The lowest BCUT2D eigenvalue weighted by Crippen LogP contribution is -2.33. The Morgan fingerprint density at radius 2 is 2.00 bits per heavy atom. The zero-order chi connectivity index (χ0) is 11.4. The van der Waals surface area contributed by atoms with Crippen molar-refractivity contribution in [1.82, 2.24) is 0 Å². The van der Waals surface area contributed by atoms with Gasteiger partial charge < -0.3 is 10.5 Å². The van der Waals surface area contributed by atoms with E-state index in [1.165, 1.54) is 0 Å². The second-order valence-corrected chi connectivity index (χ2v) is 4.56. The van der Waals surface area contributed by atoms with Gasteiger partial charge in [-0.05, 0) is 18.1 Å². The van der Waals surface area contributed by atoms with E-state index in [2.05, 4.69) is 0 Å². The van der Waals surface area contributed by atoms with Gasteiger partial charge in [-0.1, -0.05) is 43.1 Å². The van der Waals surface area contributed by atoms with Crippen molar-refractivity contribution in [3.63, 3.8) is 0 Å². The van der Waals surface area contributed by atoms with E-state index < -0.39 is 0 Å². The first-order valence-electron chi connectivity index (χ1n) is 4.84. The SMILES string of the molecule is CC(C)[C@H](N)COc1cccc(Cl)c1Cl. The number of nitrogens with two attached hydrogens (primary N) is 1. The van der Waals surface area contributed by atoms with Crippen LogP contribution in [0.3, 0.4) is 0 Å². The first kappa shape index (κ1) is 12.6. The average Bonchev–Trinajstić information content (AvgIpc) is 2.19. The number of benzene rings is 1. The molecule has 0 saturated heterocycles. The standard InChI is InChI=1S/C11H15Cl2NO/c1-7(2)9(14)6-15-10-5-3-4-8(12)11(10)13/h3-5,7,9H,6,14H2,1-2H3/t9-/m1/s1. The van der Waals surface area contributed by atoms with Crippen molar-refractivity contribution in [3.8, 4) is 5.75 Å². The fraction of sp³-hybridized carbons (Fsp3) is 0.455. The normalized spacial score (nSPS) is 12.9. The maximum atomic E-state index is 5.96. The minimum atomic E-state index is 0.0000447. The lowest BCUT2D eigenvalue weighted by Gasteiger charge is -2.17. The molecule has 1 aromatic rings. The third-order valence-electron chi connectivity index (χ3n) is 2.20. The molecular weight excluding hydrogens is 233 g/mol. The molecule has 0 bridgehead atoms. The molecular formula is C11H15Cl2NO. The van der Waals surface area contributed by atoms with Crippen LogP contribution >= 0.6 is 23.2 Å². The van der Waals surface area contributed by atoms with Gasteiger partial charge in [0.2, 0.25) is 0 Å². The van der Waals surface area contributed by atoms with Gasteiger partial charge in [-0.3, -0.25) is 0 Å². The number of halogens is 2. The smallest absolute Gasteiger partial charge is 0.139 e. The Kier molecular flexibility index (Phi) is 4.71. The van der Waals surface area contributed by atoms with E-state index in [9.17, 15) is 0 Å². The molecule has 0 fully saturated rings. The Bertz CT molecular complexity index is 328. The van der Waals surface area contributed by atoms with Crippen molar-refractivity contribution in [2.24, 2.45) is 11.7 Å². The van der Waals surface area contributed by atoms with Crippen LogP contribution in [0.25, 0.3) is 0 Å². The maximum absolute atomic E-state index is 5.96. The van der Waals surface area contributed by atoms with Gasteiger partial charge in [-0.2, -0.15) is 0 Å². The molecule has 1 atom stereocenters. The van der Waals surface area contributed by atoms with Crippen LogP contribution in [0, 0.1) is 5.92 Å². The first-order valence-corrected chi connectivity index (χ1v) is 5.60. The minimum absolute atomic E-state index is 0.0000447.